The highest BCUT2D eigenvalue weighted by Gasteiger charge is 2.12. The molecule has 0 aliphatic carbocycles. The summed E-state index contributed by atoms with van der Waals surface area (Å²) in [6, 6.07) is 9.92. The molecule has 1 amide bonds. The number of aryl methyl sites for hydroxylation is 1. The van der Waals surface area contributed by atoms with E-state index in [1.54, 1.807) is 12.1 Å². The minimum atomic E-state index is -3.34. The Morgan fingerprint density at radius 2 is 2.04 bits per heavy atom. The van der Waals surface area contributed by atoms with Gasteiger partial charge in [-0.05, 0) is 42.8 Å². The highest BCUT2D eigenvalue weighted by molar-refractivity contribution is 7.90. The Bertz CT molecular complexity index is 1020. The van der Waals surface area contributed by atoms with Gasteiger partial charge in [-0.3, -0.25) is 4.79 Å². The number of sulfone groups is 1. The number of pyridine rings is 1. The van der Waals surface area contributed by atoms with Gasteiger partial charge >= 0.3 is 0 Å². The van der Waals surface area contributed by atoms with Gasteiger partial charge in [0, 0.05) is 24.2 Å². The molecule has 0 spiro atoms. The van der Waals surface area contributed by atoms with E-state index in [-0.39, 0.29) is 17.3 Å². The van der Waals surface area contributed by atoms with Crippen molar-refractivity contribution in [2.75, 3.05) is 6.26 Å². The molecule has 0 atom stereocenters. The maximum atomic E-state index is 12.2. The molecule has 2 heterocycles. The lowest BCUT2D eigenvalue weighted by Crippen LogP contribution is -2.23. The van der Waals surface area contributed by atoms with Crippen LogP contribution in [0, 0.1) is 6.92 Å². The zero-order valence-corrected chi connectivity index (χ0v) is 14.2. The van der Waals surface area contributed by atoms with Crippen LogP contribution in [-0.4, -0.2) is 30.0 Å². The van der Waals surface area contributed by atoms with E-state index in [2.05, 4.69) is 10.3 Å². The van der Waals surface area contributed by atoms with Crippen molar-refractivity contribution in [3.05, 3.63) is 65.6 Å². The average Bonchev–Trinajstić information content (AvgIpc) is 2.94. The van der Waals surface area contributed by atoms with E-state index in [0.717, 1.165) is 23.2 Å². The van der Waals surface area contributed by atoms with Crippen molar-refractivity contribution in [1.82, 2.24) is 14.7 Å². The number of hydrogen-bond acceptors (Lipinski definition) is 4. The van der Waals surface area contributed by atoms with Crippen LogP contribution in [0.5, 0.6) is 0 Å². The molecule has 0 saturated heterocycles. The van der Waals surface area contributed by atoms with E-state index in [1.165, 1.54) is 12.1 Å². The van der Waals surface area contributed by atoms with Crippen molar-refractivity contribution < 1.29 is 13.2 Å². The third-order valence-corrected chi connectivity index (χ3v) is 4.73. The highest BCUT2D eigenvalue weighted by atomic mass is 32.2. The van der Waals surface area contributed by atoms with Gasteiger partial charge in [-0.25, -0.2) is 13.4 Å². The van der Waals surface area contributed by atoms with E-state index in [1.807, 2.05) is 35.9 Å². The maximum Gasteiger partial charge on any atom is 0.251 e. The largest absolute Gasteiger partial charge is 0.346 e. The summed E-state index contributed by atoms with van der Waals surface area (Å²) >= 11 is 0. The molecule has 0 aliphatic rings. The molecule has 24 heavy (non-hydrogen) atoms. The first-order valence-corrected chi connectivity index (χ1v) is 9.24. The normalized spacial score (nSPS) is 11.6. The molecule has 124 valence electrons. The van der Waals surface area contributed by atoms with Gasteiger partial charge in [-0.2, -0.15) is 0 Å². The van der Waals surface area contributed by atoms with Gasteiger partial charge in [0.05, 0.1) is 17.1 Å². The molecular formula is C17H17N3O3S. The molecule has 0 unspecified atom stereocenters. The molecule has 0 saturated carbocycles. The van der Waals surface area contributed by atoms with Crippen LogP contribution in [0.2, 0.25) is 0 Å². The van der Waals surface area contributed by atoms with Crippen molar-refractivity contribution >= 4 is 21.4 Å². The molecule has 3 rings (SSSR count). The van der Waals surface area contributed by atoms with E-state index in [4.69, 9.17) is 0 Å². The molecule has 2 aromatic heterocycles. The van der Waals surface area contributed by atoms with Gasteiger partial charge in [-0.1, -0.05) is 6.07 Å². The Labute approximate surface area is 140 Å². The van der Waals surface area contributed by atoms with Crippen molar-refractivity contribution in [2.24, 2.45) is 0 Å². The molecule has 0 radical (unpaired) electrons. The Hall–Kier alpha value is -2.67. The Morgan fingerprint density at radius 1 is 1.25 bits per heavy atom. The third kappa shape index (κ3) is 3.46. The van der Waals surface area contributed by atoms with Crippen molar-refractivity contribution in [3.63, 3.8) is 0 Å². The number of nitrogens with zero attached hydrogens (tertiary/aromatic N) is 2. The molecule has 1 N–H and O–H groups in total. The van der Waals surface area contributed by atoms with E-state index in [0.29, 0.717) is 5.56 Å². The highest BCUT2D eigenvalue weighted by Crippen LogP contribution is 2.12. The minimum absolute atomic E-state index is 0.123. The number of nitrogens with one attached hydrogen (secondary N) is 1. The molecular weight excluding hydrogens is 326 g/mol. The first-order valence-electron chi connectivity index (χ1n) is 7.35. The fourth-order valence-corrected chi connectivity index (χ4v) is 3.03. The number of amides is 1. The number of fused-ring (bicyclic) bond motifs is 1. The van der Waals surface area contributed by atoms with Crippen LogP contribution in [0.1, 0.15) is 21.6 Å². The average molecular weight is 343 g/mol. The summed E-state index contributed by atoms with van der Waals surface area (Å²) in [7, 11) is -3.34. The topological polar surface area (TPSA) is 80.5 Å². The Morgan fingerprint density at radius 3 is 2.79 bits per heavy atom. The first-order chi connectivity index (χ1) is 11.3. The van der Waals surface area contributed by atoms with Gasteiger partial charge in [0.25, 0.3) is 5.91 Å². The van der Waals surface area contributed by atoms with Crippen molar-refractivity contribution in [3.8, 4) is 0 Å². The maximum absolute atomic E-state index is 12.2. The number of aromatic nitrogens is 2. The van der Waals surface area contributed by atoms with Gasteiger partial charge < -0.3 is 9.72 Å². The molecule has 0 aliphatic heterocycles. The van der Waals surface area contributed by atoms with E-state index in [9.17, 15) is 13.2 Å². The number of benzene rings is 1. The zero-order chi connectivity index (χ0) is 17.3. The monoisotopic (exact) mass is 343 g/mol. The van der Waals surface area contributed by atoms with Crippen LogP contribution in [0.15, 0.2) is 53.7 Å². The van der Waals surface area contributed by atoms with Gasteiger partial charge in [0.1, 0.15) is 5.65 Å². The van der Waals surface area contributed by atoms with Crippen molar-refractivity contribution in [1.29, 1.82) is 0 Å². The summed E-state index contributed by atoms with van der Waals surface area (Å²) in [5, 5.41) is 2.76. The molecule has 0 bridgehead atoms. The zero-order valence-electron chi connectivity index (χ0n) is 13.4. The Kier molecular flexibility index (Phi) is 4.11. The van der Waals surface area contributed by atoms with Gasteiger partial charge in [-0.15, -0.1) is 0 Å². The summed E-state index contributed by atoms with van der Waals surface area (Å²) in [5.74, 6) is -0.339. The molecule has 0 fully saturated rings. The fourth-order valence-electron chi connectivity index (χ4n) is 2.36. The lowest BCUT2D eigenvalue weighted by atomic mass is 10.2. The van der Waals surface area contributed by atoms with Crippen LogP contribution in [-0.2, 0) is 16.4 Å². The number of carbonyl (C=O) groups is 1. The summed E-state index contributed by atoms with van der Waals surface area (Å²) in [6.45, 7) is 2.26. The predicted octanol–water partition coefficient (Wildman–Crippen LogP) is 1.98. The predicted molar refractivity (Wildman–Crippen MR) is 90.7 cm³/mol. The van der Waals surface area contributed by atoms with Crippen LogP contribution >= 0.6 is 0 Å². The van der Waals surface area contributed by atoms with Crippen molar-refractivity contribution in [2.45, 2.75) is 18.4 Å². The summed E-state index contributed by atoms with van der Waals surface area (Å²) in [5.41, 5.74) is 2.96. The summed E-state index contributed by atoms with van der Waals surface area (Å²) in [6.07, 6.45) is 4.88. The molecule has 3 aromatic rings. The van der Waals surface area contributed by atoms with Crippen LogP contribution in [0.4, 0.5) is 0 Å². The fraction of sp³-hybridized carbons (Fsp3) is 0.176. The molecule has 1 aromatic carbocycles. The van der Waals surface area contributed by atoms with Crippen LogP contribution in [0.25, 0.3) is 5.65 Å². The summed E-state index contributed by atoms with van der Waals surface area (Å²) in [4.78, 5) is 16.8. The first kappa shape index (κ1) is 16.2. The second-order valence-corrected chi connectivity index (χ2v) is 7.70. The number of rotatable bonds is 4. The summed E-state index contributed by atoms with van der Waals surface area (Å²) < 4.78 is 25.0. The van der Waals surface area contributed by atoms with E-state index < -0.39 is 9.84 Å². The second-order valence-electron chi connectivity index (χ2n) is 5.68. The minimum Gasteiger partial charge on any atom is -0.346 e. The number of hydrogen-bond donors (Lipinski definition) is 1. The van der Waals surface area contributed by atoms with Crippen LogP contribution in [0.3, 0.4) is 0 Å². The van der Waals surface area contributed by atoms with Gasteiger partial charge in [0.2, 0.25) is 0 Å². The Balaban J connectivity index is 1.75. The smallest absolute Gasteiger partial charge is 0.251 e. The third-order valence-electron chi connectivity index (χ3n) is 3.62. The lowest BCUT2D eigenvalue weighted by molar-refractivity contribution is 0.0950. The van der Waals surface area contributed by atoms with Gasteiger partial charge in [0.15, 0.2) is 9.84 Å². The van der Waals surface area contributed by atoms with E-state index >= 15 is 0 Å². The second kappa shape index (κ2) is 6.09. The SMILES string of the molecule is Cc1ccn2cc(CNC(=O)c3cccc(S(C)(=O)=O)c3)nc2c1. The van der Waals surface area contributed by atoms with Crippen LogP contribution < -0.4 is 5.32 Å². The molecule has 7 heteroatoms. The number of carbonyl (C=O) groups excluding carboxylic acids is 1. The standard InChI is InChI=1S/C17H17N3O3S/c1-12-6-7-20-11-14(19-16(20)8-12)10-18-17(21)13-4-3-5-15(9-13)24(2,22)23/h3-9,11H,10H2,1-2H3,(H,18,21). The lowest BCUT2D eigenvalue weighted by Gasteiger charge is -2.05. The number of imidazole rings is 1. The quantitative estimate of drug-likeness (QED) is 0.785. The molecule has 6 nitrogen and oxygen atoms in total.